The Morgan fingerprint density at radius 3 is 2.84 bits per heavy atom. The first-order valence-corrected chi connectivity index (χ1v) is 10.2. The Morgan fingerprint density at radius 1 is 1.16 bits per heavy atom. The lowest BCUT2D eigenvalue weighted by molar-refractivity contribution is 0.0785. The zero-order valence-corrected chi connectivity index (χ0v) is 16.8. The minimum Gasteiger partial charge on any atom is -0.364 e. The third-order valence-corrected chi connectivity index (χ3v) is 5.60. The van der Waals surface area contributed by atoms with Gasteiger partial charge in [-0.25, -0.2) is 9.37 Å². The number of fused-ring (bicyclic) bond motifs is 1. The molecule has 5 rings (SSSR count). The van der Waals surface area contributed by atoms with E-state index in [9.17, 15) is 9.18 Å². The van der Waals surface area contributed by atoms with Crippen molar-refractivity contribution < 1.29 is 9.18 Å². The summed E-state index contributed by atoms with van der Waals surface area (Å²) in [6.45, 7) is 1.85. The summed E-state index contributed by atoms with van der Waals surface area (Å²) in [4.78, 5) is 23.4. The first kappa shape index (κ1) is 19.2. The van der Waals surface area contributed by atoms with Gasteiger partial charge in [-0.3, -0.25) is 14.9 Å². The number of benzene rings is 1. The summed E-state index contributed by atoms with van der Waals surface area (Å²) in [5.74, 6) is 0.587. The smallest absolute Gasteiger partial charge is 0.272 e. The van der Waals surface area contributed by atoms with Crippen molar-refractivity contribution in [1.29, 1.82) is 0 Å². The van der Waals surface area contributed by atoms with Gasteiger partial charge in [-0.15, -0.1) is 0 Å². The second-order valence-corrected chi connectivity index (χ2v) is 7.64. The van der Waals surface area contributed by atoms with Crippen molar-refractivity contribution in [1.82, 2.24) is 25.1 Å². The molecule has 31 heavy (non-hydrogen) atoms. The van der Waals surface area contributed by atoms with Gasteiger partial charge in [0, 0.05) is 37.4 Å². The van der Waals surface area contributed by atoms with Gasteiger partial charge in [-0.2, -0.15) is 5.10 Å². The first-order chi connectivity index (χ1) is 15.2. The molecule has 0 aliphatic carbocycles. The molecule has 4 aromatic rings. The van der Waals surface area contributed by atoms with Crippen LogP contribution in [0.5, 0.6) is 0 Å². The van der Waals surface area contributed by atoms with Crippen LogP contribution in [-0.4, -0.2) is 44.1 Å². The molecule has 0 bridgehead atoms. The van der Waals surface area contributed by atoms with Crippen molar-refractivity contribution in [2.75, 3.05) is 18.4 Å². The molecule has 156 valence electrons. The fourth-order valence-corrected chi connectivity index (χ4v) is 3.91. The van der Waals surface area contributed by atoms with E-state index in [0.29, 0.717) is 36.8 Å². The third-order valence-electron chi connectivity index (χ3n) is 5.60. The van der Waals surface area contributed by atoms with Gasteiger partial charge in [0.2, 0.25) is 0 Å². The van der Waals surface area contributed by atoms with E-state index in [2.05, 4.69) is 20.5 Å². The van der Waals surface area contributed by atoms with Gasteiger partial charge in [0.15, 0.2) is 11.5 Å². The minimum atomic E-state index is -0.252. The van der Waals surface area contributed by atoms with E-state index in [1.165, 1.54) is 12.1 Å². The van der Waals surface area contributed by atoms with Crippen molar-refractivity contribution in [2.24, 2.45) is 0 Å². The van der Waals surface area contributed by atoms with Gasteiger partial charge in [0.1, 0.15) is 11.5 Å². The summed E-state index contributed by atoms with van der Waals surface area (Å²) >= 11 is 0. The monoisotopic (exact) mass is 416 g/mol. The molecule has 1 unspecified atom stereocenters. The summed E-state index contributed by atoms with van der Waals surface area (Å²) in [5.41, 5.74) is 3.08. The molecule has 0 spiro atoms. The summed E-state index contributed by atoms with van der Waals surface area (Å²) in [6, 6.07) is 15.7. The zero-order valence-electron chi connectivity index (χ0n) is 16.8. The molecular formula is C23H21FN6O. The molecule has 8 heteroatoms. The predicted molar refractivity (Wildman–Crippen MR) is 115 cm³/mol. The number of carbonyl (C=O) groups is 1. The van der Waals surface area contributed by atoms with Crippen LogP contribution < -0.4 is 5.32 Å². The molecule has 1 aliphatic rings. The third kappa shape index (κ3) is 3.96. The standard InChI is InChI=1S/C23H21FN6O/c24-17-6-4-15(5-7-17)13-26-21-18-8-9-19(27-22(18)29-28-21)16-10-12-30(14-16)23(31)20-3-1-2-11-25-20/h1-9,11,16H,10,12-14H2,(H2,26,27,28,29). The quantitative estimate of drug-likeness (QED) is 0.518. The van der Waals surface area contributed by atoms with Crippen molar-refractivity contribution in [3.05, 3.63) is 83.6 Å². The minimum absolute atomic E-state index is 0.0435. The lowest BCUT2D eigenvalue weighted by atomic mass is 10.0. The van der Waals surface area contributed by atoms with Gasteiger partial charge in [-0.05, 0) is 48.4 Å². The maximum absolute atomic E-state index is 13.1. The molecule has 1 aromatic carbocycles. The molecule has 1 atom stereocenters. The number of hydrogen-bond acceptors (Lipinski definition) is 5. The largest absolute Gasteiger partial charge is 0.364 e. The van der Waals surface area contributed by atoms with Crippen LogP contribution in [0.4, 0.5) is 10.2 Å². The maximum atomic E-state index is 13.1. The van der Waals surface area contributed by atoms with Crippen molar-refractivity contribution in [3.63, 3.8) is 0 Å². The summed E-state index contributed by atoms with van der Waals surface area (Å²) < 4.78 is 13.1. The van der Waals surface area contributed by atoms with Crippen LogP contribution in [0.1, 0.15) is 34.1 Å². The molecule has 1 saturated heterocycles. The van der Waals surface area contributed by atoms with Crippen LogP contribution in [0.15, 0.2) is 60.8 Å². The van der Waals surface area contributed by atoms with E-state index in [1.54, 1.807) is 30.5 Å². The van der Waals surface area contributed by atoms with Gasteiger partial charge in [-0.1, -0.05) is 18.2 Å². The maximum Gasteiger partial charge on any atom is 0.272 e. The topological polar surface area (TPSA) is 86.8 Å². The van der Waals surface area contributed by atoms with Crippen molar-refractivity contribution >= 4 is 22.8 Å². The Balaban J connectivity index is 1.27. The Labute approximate surface area is 178 Å². The molecule has 3 aromatic heterocycles. The van der Waals surface area contributed by atoms with Crippen molar-refractivity contribution in [3.8, 4) is 0 Å². The molecule has 2 N–H and O–H groups in total. The summed E-state index contributed by atoms with van der Waals surface area (Å²) in [7, 11) is 0. The fourth-order valence-electron chi connectivity index (χ4n) is 3.91. The second-order valence-electron chi connectivity index (χ2n) is 7.64. The van der Waals surface area contributed by atoms with Gasteiger partial charge in [0.05, 0.1) is 5.39 Å². The van der Waals surface area contributed by atoms with Gasteiger partial charge < -0.3 is 10.2 Å². The highest BCUT2D eigenvalue weighted by atomic mass is 19.1. The predicted octanol–water partition coefficient (Wildman–Crippen LogP) is 3.73. The molecule has 0 saturated carbocycles. The van der Waals surface area contributed by atoms with E-state index in [4.69, 9.17) is 4.98 Å². The Morgan fingerprint density at radius 2 is 2.03 bits per heavy atom. The Hall–Kier alpha value is -3.81. The lowest BCUT2D eigenvalue weighted by Gasteiger charge is -2.15. The highest BCUT2D eigenvalue weighted by Crippen LogP contribution is 2.29. The van der Waals surface area contributed by atoms with E-state index in [-0.39, 0.29) is 17.6 Å². The van der Waals surface area contributed by atoms with Crippen LogP contribution in [0, 0.1) is 5.82 Å². The van der Waals surface area contributed by atoms with E-state index >= 15 is 0 Å². The number of hydrogen-bond donors (Lipinski definition) is 2. The number of aromatic nitrogens is 4. The Kier molecular flexibility index (Phi) is 5.03. The van der Waals surface area contributed by atoms with Crippen molar-refractivity contribution in [2.45, 2.75) is 18.9 Å². The number of H-pyrrole nitrogens is 1. The second kappa shape index (κ2) is 8.14. The number of likely N-dealkylation sites (tertiary alicyclic amines) is 1. The van der Waals surface area contributed by atoms with Crippen LogP contribution in [0.3, 0.4) is 0 Å². The first-order valence-electron chi connectivity index (χ1n) is 10.2. The number of halogens is 1. The number of amides is 1. The number of carbonyl (C=O) groups excluding carboxylic acids is 1. The van der Waals surface area contributed by atoms with Crippen LogP contribution >= 0.6 is 0 Å². The van der Waals surface area contributed by atoms with Gasteiger partial charge >= 0.3 is 0 Å². The summed E-state index contributed by atoms with van der Waals surface area (Å²) in [6.07, 6.45) is 2.50. The molecular weight excluding hydrogens is 395 g/mol. The molecule has 4 heterocycles. The fraction of sp³-hybridized carbons (Fsp3) is 0.217. The lowest BCUT2D eigenvalue weighted by Crippen LogP contribution is -2.29. The van der Waals surface area contributed by atoms with Gasteiger partial charge in [0.25, 0.3) is 5.91 Å². The molecule has 7 nitrogen and oxygen atoms in total. The van der Waals surface area contributed by atoms with Crippen LogP contribution in [0.2, 0.25) is 0 Å². The number of nitrogens with zero attached hydrogens (tertiary/aromatic N) is 4. The van der Waals surface area contributed by atoms with E-state index in [0.717, 1.165) is 23.1 Å². The number of pyridine rings is 2. The van der Waals surface area contributed by atoms with Crippen LogP contribution in [-0.2, 0) is 6.54 Å². The number of rotatable bonds is 5. The molecule has 1 amide bonds. The summed E-state index contributed by atoms with van der Waals surface area (Å²) in [5, 5.41) is 11.5. The SMILES string of the molecule is O=C(c1ccccn1)N1CCC(c2ccc3c(NCc4ccc(F)cc4)n[nH]c3n2)C1. The highest BCUT2D eigenvalue weighted by Gasteiger charge is 2.29. The molecule has 0 radical (unpaired) electrons. The van der Waals surface area contributed by atoms with E-state index < -0.39 is 0 Å². The normalized spacial score (nSPS) is 16.0. The number of nitrogens with one attached hydrogen (secondary N) is 2. The number of anilines is 1. The van der Waals surface area contributed by atoms with Crippen LogP contribution in [0.25, 0.3) is 11.0 Å². The zero-order chi connectivity index (χ0) is 21.2. The number of aromatic amines is 1. The average molecular weight is 416 g/mol. The Bertz CT molecular complexity index is 1210. The van der Waals surface area contributed by atoms with E-state index in [1.807, 2.05) is 23.1 Å². The highest BCUT2D eigenvalue weighted by molar-refractivity contribution is 5.92. The molecule has 1 aliphatic heterocycles. The average Bonchev–Trinajstić information content (AvgIpc) is 3.46. The molecule has 1 fully saturated rings.